The predicted molar refractivity (Wildman–Crippen MR) is 218 cm³/mol. The zero-order chi connectivity index (χ0) is 38.4. The second kappa shape index (κ2) is 38.0. The fourth-order valence-corrected chi connectivity index (χ4v) is 6.79. The van der Waals surface area contributed by atoms with Crippen LogP contribution in [0.3, 0.4) is 0 Å². The summed E-state index contributed by atoms with van der Waals surface area (Å²) in [6.07, 6.45) is 40.9. The Bertz CT molecular complexity index is 930. The number of hydrogen-bond acceptors (Lipinski definition) is 7. The van der Waals surface area contributed by atoms with E-state index in [0.29, 0.717) is 12.8 Å². The quantitative estimate of drug-likeness (QED) is 0.0236. The highest BCUT2D eigenvalue weighted by molar-refractivity contribution is 7.47. The van der Waals surface area contributed by atoms with Crippen molar-refractivity contribution < 1.29 is 33.5 Å². The average molecular weight is 757 g/mol. The molecule has 0 bridgehead atoms. The lowest BCUT2D eigenvalue weighted by atomic mass is 10.0. The van der Waals surface area contributed by atoms with Gasteiger partial charge < -0.3 is 26.2 Å². The molecule has 10 heteroatoms. The minimum Gasteiger partial charge on any atom is -0.393 e. The van der Waals surface area contributed by atoms with Gasteiger partial charge in [-0.25, -0.2) is 4.57 Å². The van der Waals surface area contributed by atoms with E-state index in [9.17, 15) is 24.5 Å². The summed E-state index contributed by atoms with van der Waals surface area (Å²) in [5, 5.41) is 24.0. The zero-order valence-corrected chi connectivity index (χ0v) is 34.3. The molecule has 0 aliphatic heterocycles. The maximum absolute atomic E-state index is 12.8. The van der Waals surface area contributed by atoms with E-state index in [0.717, 1.165) is 44.9 Å². The Balaban J connectivity index is 4.39. The highest BCUT2D eigenvalue weighted by Gasteiger charge is 2.27. The molecule has 0 saturated heterocycles. The summed E-state index contributed by atoms with van der Waals surface area (Å²) in [5.74, 6) is -0.460. The van der Waals surface area contributed by atoms with Crippen LogP contribution in [0.5, 0.6) is 0 Å². The SMILES string of the molecule is CCCCCC/C=C/CC/C=C/CC/C=C/C(O)C(COP(=O)(O)OCCN)NC(=O)CC(O)CCCCCCCCCCCCCCCCCC. The number of unbranched alkanes of at least 4 members (excludes halogenated alkanes) is 21. The monoisotopic (exact) mass is 757 g/mol. The molecule has 0 heterocycles. The number of nitrogens with two attached hydrogens (primary N) is 1. The maximum atomic E-state index is 12.8. The Morgan fingerprint density at radius 3 is 1.60 bits per heavy atom. The Labute approximate surface area is 319 Å². The Hall–Kier alpha value is -1.32. The standard InChI is InChI=1S/C42H81N2O7P/c1-3-5-7-9-11-13-15-17-19-20-21-23-25-27-29-31-33-39(45)37-42(47)44-40(38-51-52(48,49)50-36-35-43)41(46)34-32-30-28-26-24-22-18-16-14-12-10-8-6-4-2/h14,16,24,26,32,34,39-41,45-46H,3-13,15,17-23,25,27-31,33,35-38,43H2,1-2H3,(H,44,47)(H,48,49)/b16-14+,26-24+,34-32+. The van der Waals surface area contributed by atoms with Crippen LogP contribution in [0.25, 0.3) is 0 Å². The van der Waals surface area contributed by atoms with Crippen LogP contribution in [0, 0.1) is 0 Å². The summed E-state index contributed by atoms with van der Waals surface area (Å²) < 4.78 is 22.0. The average Bonchev–Trinajstić information content (AvgIpc) is 3.12. The number of phosphoric acid groups is 1. The number of aliphatic hydroxyl groups excluding tert-OH is 2. The van der Waals surface area contributed by atoms with Gasteiger partial charge in [0, 0.05) is 6.54 Å². The fraction of sp³-hybridized carbons (Fsp3) is 0.833. The molecule has 0 aromatic rings. The number of nitrogens with one attached hydrogen (secondary N) is 1. The van der Waals surface area contributed by atoms with Crippen LogP contribution in [-0.2, 0) is 18.4 Å². The van der Waals surface area contributed by atoms with E-state index in [1.54, 1.807) is 6.08 Å². The maximum Gasteiger partial charge on any atom is 0.472 e. The third kappa shape index (κ3) is 35.7. The number of phosphoric ester groups is 1. The molecule has 0 aromatic heterocycles. The van der Waals surface area contributed by atoms with E-state index >= 15 is 0 Å². The van der Waals surface area contributed by atoms with Crippen LogP contribution < -0.4 is 11.1 Å². The Morgan fingerprint density at radius 2 is 1.10 bits per heavy atom. The molecule has 4 atom stereocenters. The van der Waals surface area contributed by atoms with Crippen molar-refractivity contribution in [1.29, 1.82) is 0 Å². The van der Waals surface area contributed by atoms with E-state index in [4.69, 9.17) is 14.8 Å². The van der Waals surface area contributed by atoms with Gasteiger partial charge >= 0.3 is 7.82 Å². The first-order chi connectivity index (χ1) is 25.3. The van der Waals surface area contributed by atoms with Crippen molar-refractivity contribution in [3.8, 4) is 0 Å². The van der Waals surface area contributed by atoms with Crippen LogP contribution >= 0.6 is 7.82 Å². The summed E-state index contributed by atoms with van der Waals surface area (Å²) >= 11 is 0. The number of carbonyl (C=O) groups excluding carboxylic acids is 1. The number of hydrogen-bond donors (Lipinski definition) is 5. The largest absolute Gasteiger partial charge is 0.472 e. The van der Waals surface area contributed by atoms with E-state index < -0.39 is 38.6 Å². The van der Waals surface area contributed by atoms with Gasteiger partial charge in [-0.05, 0) is 44.9 Å². The summed E-state index contributed by atoms with van der Waals surface area (Å²) in [5.41, 5.74) is 5.35. The van der Waals surface area contributed by atoms with E-state index in [1.165, 1.54) is 109 Å². The van der Waals surface area contributed by atoms with Gasteiger partial charge in [-0.3, -0.25) is 13.8 Å². The third-order valence-corrected chi connectivity index (χ3v) is 10.2. The number of aliphatic hydroxyl groups is 2. The van der Waals surface area contributed by atoms with Gasteiger partial charge in [0.2, 0.25) is 5.91 Å². The molecule has 1 amide bonds. The molecule has 0 fully saturated rings. The van der Waals surface area contributed by atoms with Crippen molar-refractivity contribution in [1.82, 2.24) is 5.32 Å². The van der Waals surface area contributed by atoms with Gasteiger partial charge in [0.25, 0.3) is 0 Å². The summed E-state index contributed by atoms with van der Waals surface area (Å²) in [6.45, 7) is 3.92. The summed E-state index contributed by atoms with van der Waals surface area (Å²) in [6, 6.07) is -1.00. The summed E-state index contributed by atoms with van der Waals surface area (Å²) in [7, 11) is -4.41. The minimum absolute atomic E-state index is 0.0427. The molecule has 0 aliphatic carbocycles. The van der Waals surface area contributed by atoms with Crippen molar-refractivity contribution in [2.24, 2.45) is 5.73 Å². The molecule has 9 nitrogen and oxygen atoms in total. The van der Waals surface area contributed by atoms with Gasteiger partial charge in [-0.15, -0.1) is 0 Å². The first kappa shape index (κ1) is 50.7. The molecule has 0 saturated carbocycles. The molecular weight excluding hydrogens is 675 g/mol. The molecular formula is C42H81N2O7P. The number of rotatable bonds is 39. The minimum atomic E-state index is -4.41. The first-order valence-corrected chi connectivity index (χ1v) is 22.7. The zero-order valence-electron chi connectivity index (χ0n) is 33.4. The highest BCUT2D eigenvalue weighted by atomic mass is 31.2. The van der Waals surface area contributed by atoms with Crippen LogP contribution in [0.2, 0.25) is 0 Å². The molecule has 0 radical (unpaired) electrons. The number of allylic oxidation sites excluding steroid dienone is 5. The topological polar surface area (TPSA) is 151 Å². The van der Waals surface area contributed by atoms with Crippen molar-refractivity contribution in [3.63, 3.8) is 0 Å². The van der Waals surface area contributed by atoms with Gasteiger partial charge in [-0.1, -0.05) is 172 Å². The Kier molecular flexibility index (Phi) is 37.0. The predicted octanol–water partition coefficient (Wildman–Crippen LogP) is 10.5. The van der Waals surface area contributed by atoms with Crippen molar-refractivity contribution in [3.05, 3.63) is 36.5 Å². The van der Waals surface area contributed by atoms with Crippen LogP contribution in [-0.4, -0.2) is 59.0 Å². The smallest absolute Gasteiger partial charge is 0.393 e. The van der Waals surface area contributed by atoms with E-state index in [-0.39, 0.29) is 19.6 Å². The van der Waals surface area contributed by atoms with Gasteiger partial charge in [0.05, 0.1) is 37.9 Å². The van der Waals surface area contributed by atoms with Crippen LogP contribution in [0.1, 0.15) is 187 Å². The van der Waals surface area contributed by atoms with Crippen molar-refractivity contribution in [2.45, 2.75) is 205 Å². The highest BCUT2D eigenvalue weighted by Crippen LogP contribution is 2.43. The number of amides is 1. The normalized spacial score (nSPS) is 15.1. The van der Waals surface area contributed by atoms with Gasteiger partial charge in [0.15, 0.2) is 0 Å². The van der Waals surface area contributed by atoms with Gasteiger partial charge in [-0.2, -0.15) is 0 Å². The van der Waals surface area contributed by atoms with E-state index in [1.807, 2.05) is 6.08 Å². The van der Waals surface area contributed by atoms with Crippen molar-refractivity contribution >= 4 is 13.7 Å². The fourth-order valence-electron chi connectivity index (χ4n) is 6.03. The first-order valence-electron chi connectivity index (χ1n) is 21.2. The lowest BCUT2D eigenvalue weighted by Crippen LogP contribution is -2.46. The molecule has 0 aliphatic rings. The lowest BCUT2D eigenvalue weighted by molar-refractivity contribution is -0.124. The molecule has 0 rings (SSSR count). The molecule has 306 valence electrons. The van der Waals surface area contributed by atoms with Crippen LogP contribution in [0.4, 0.5) is 0 Å². The van der Waals surface area contributed by atoms with Gasteiger partial charge in [0.1, 0.15) is 0 Å². The molecule has 6 N–H and O–H groups in total. The van der Waals surface area contributed by atoms with Crippen LogP contribution in [0.15, 0.2) is 36.5 Å². The third-order valence-electron chi connectivity index (χ3n) is 9.25. The molecule has 4 unspecified atom stereocenters. The summed E-state index contributed by atoms with van der Waals surface area (Å²) in [4.78, 5) is 22.7. The lowest BCUT2D eigenvalue weighted by Gasteiger charge is -2.24. The Morgan fingerprint density at radius 1 is 0.654 bits per heavy atom. The number of carbonyl (C=O) groups is 1. The second-order valence-corrected chi connectivity index (χ2v) is 15.8. The second-order valence-electron chi connectivity index (χ2n) is 14.4. The molecule has 52 heavy (non-hydrogen) atoms. The van der Waals surface area contributed by atoms with E-state index in [2.05, 4.69) is 43.5 Å². The van der Waals surface area contributed by atoms with Crippen molar-refractivity contribution in [2.75, 3.05) is 19.8 Å². The molecule has 0 aromatic carbocycles. The molecule has 0 spiro atoms.